The fraction of sp³-hybridized carbons (Fsp3) is 0.391. The van der Waals surface area contributed by atoms with Crippen LogP contribution in [-0.4, -0.2) is 50.5 Å². The number of rotatable bonds is 10. The first kappa shape index (κ1) is 28.2. The lowest BCUT2D eigenvalue weighted by Gasteiger charge is -2.31. The smallest absolute Gasteiger partial charge is 0.244 e. The van der Waals surface area contributed by atoms with Crippen LogP contribution in [0.4, 0.5) is 5.69 Å². The van der Waals surface area contributed by atoms with Crippen molar-refractivity contribution in [2.24, 2.45) is 5.92 Å². The van der Waals surface area contributed by atoms with E-state index in [0.29, 0.717) is 17.1 Å². The number of sulfonamides is 1. The van der Waals surface area contributed by atoms with E-state index in [2.05, 4.69) is 5.32 Å². The molecule has 34 heavy (non-hydrogen) atoms. The minimum Gasteiger partial charge on any atom is -0.354 e. The summed E-state index contributed by atoms with van der Waals surface area (Å²) >= 11 is 18.2. The fourth-order valence-electron chi connectivity index (χ4n) is 3.16. The summed E-state index contributed by atoms with van der Waals surface area (Å²) < 4.78 is 26.1. The number of benzene rings is 2. The maximum Gasteiger partial charge on any atom is 0.244 e. The molecule has 2 aromatic carbocycles. The summed E-state index contributed by atoms with van der Waals surface area (Å²) in [6, 6.07) is 10.3. The van der Waals surface area contributed by atoms with Gasteiger partial charge in [0.25, 0.3) is 0 Å². The lowest BCUT2D eigenvalue weighted by molar-refractivity contribution is -0.139. The van der Waals surface area contributed by atoms with Crippen molar-refractivity contribution >= 4 is 62.3 Å². The number of nitrogens with one attached hydrogen (secondary N) is 1. The van der Waals surface area contributed by atoms with Gasteiger partial charge in [-0.25, -0.2) is 8.42 Å². The van der Waals surface area contributed by atoms with Gasteiger partial charge in [-0.1, -0.05) is 60.8 Å². The minimum atomic E-state index is -3.88. The highest BCUT2D eigenvalue weighted by Gasteiger charge is 2.30. The summed E-state index contributed by atoms with van der Waals surface area (Å²) in [5, 5.41) is 3.74. The van der Waals surface area contributed by atoms with Gasteiger partial charge in [-0.2, -0.15) is 0 Å². The molecule has 0 aliphatic carbocycles. The second-order valence-electron chi connectivity index (χ2n) is 8.36. The van der Waals surface area contributed by atoms with E-state index in [-0.39, 0.29) is 34.1 Å². The molecule has 7 nitrogen and oxygen atoms in total. The summed E-state index contributed by atoms with van der Waals surface area (Å²) in [6.45, 7) is 5.47. The van der Waals surface area contributed by atoms with E-state index < -0.39 is 28.5 Å². The third kappa shape index (κ3) is 8.34. The van der Waals surface area contributed by atoms with Crippen molar-refractivity contribution in [2.45, 2.75) is 33.4 Å². The van der Waals surface area contributed by atoms with Crippen molar-refractivity contribution < 1.29 is 18.0 Å². The number of carbonyl (C=O) groups excluding carboxylic acids is 2. The standard InChI is InChI=1S/C23H28Cl3N3O4S/c1-15(2)12-27-23(31)16(3)28(13-17-6-5-7-18(24)8-17)22(30)14-29(34(4,32)33)21-10-19(25)9-20(26)11-21/h5-11,15-16H,12-14H2,1-4H3,(H,27,31)/t16-/m0/s1. The van der Waals surface area contributed by atoms with Gasteiger partial charge in [0.05, 0.1) is 11.9 Å². The minimum absolute atomic E-state index is 0.0591. The molecule has 0 fully saturated rings. The van der Waals surface area contributed by atoms with Crippen LogP contribution in [0.2, 0.25) is 15.1 Å². The summed E-state index contributed by atoms with van der Waals surface area (Å²) in [5.41, 5.74) is 0.842. The van der Waals surface area contributed by atoms with E-state index in [1.54, 1.807) is 31.2 Å². The number of carbonyl (C=O) groups is 2. The number of hydrogen-bond acceptors (Lipinski definition) is 4. The molecule has 0 aromatic heterocycles. The lowest BCUT2D eigenvalue weighted by Crippen LogP contribution is -2.51. The van der Waals surface area contributed by atoms with Crippen molar-refractivity contribution in [2.75, 3.05) is 23.7 Å². The van der Waals surface area contributed by atoms with Gasteiger partial charge >= 0.3 is 0 Å². The van der Waals surface area contributed by atoms with Crippen molar-refractivity contribution in [3.05, 3.63) is 63.1 Å². The topological polar surface area (TPSA) is 86.8 Å². The molecule has 0 spiro atoms. The molecule has 0 saturated heterocycles. The van der Waals surface area contributed by atoms with Gasteiger partial charge in [-0.05, 0) is 48.7 Å². The van der Waals surface area contributed by atoms with Gasteiger partial charge < -0.3 is 10.2 Å². The number of anilines is 1. The average Bonchev–Trinajstić information content (AvgIpc) is 2.71. The van der Waals surface area contributed by atoms with Gasteiger partial charge in [0.2, 0.25) is 21.8 Å². The van der Waals surface area contributed by atoms with E-state index in [4.69, 9.17) is 34.8 Å². The Morgan fingerprint density at radius 1 is 0.971 bits per heavy atom. The Hall–Kier alpha value is -2.00. The quantitative estimate of drug-likeness (QED) is 0.470. The van der Waals surface area contributed by atoms with Gasteiger partial charge in [0.15, 0.2) is 0 Å². The first-order valence-corrected chi connectivity index (χ1v) is 13.5. The van der Waals surface area contributed by atoms with Crippen LogP contribution >= 0.6 is 34.8 Å². The largest absolute Gasteiger partial charge is 0.354 e. The van der Waals surface area contributed by atoms with Crippen molar-refractivity contribution in [1.29, 1.82) is 0 Å². The van der Waals surface area contributed by atoms with Crippen molar-refractivity contribution in [1.82, 2.24) is 10.2 Å². The van der Waals surface area contributed by atoms with Crippen LogP contribution in [0, 0.1) is 5.92 Å². The molecule has 2 aromatic rings. The molecular weight excluding hydrogens is 521 g/mol. The Bertz CT molecular complexity index is 1120. The van der Waals surface area contributed by atoms with E-state index >= 15 is 0 Å². The monoisotopic (exact) mass is 547 g/mol. The SMILES string of the molecule is CC(C)CNC(=O)[C@H](C)N(Cc1cccc(Cl)c1)C(=O)CN(c1cc(Cl)cc(Cl)c1)S(C)(=O)=O. The first-order valence-electron chi connectivity index (χ1n) is 10.5. The van der Waals surface area contributed by atoms with Crippen LogP contribution < -0.4 is 9.62 Å². The molecule has 0 aliphatic rings. The summed E-state index contributed by atoms with van der Waals surface area (Å²) in [7, 11) is -3.88. The molecule has 0 unspecified atom stereocenters. The zero-order valence-corrected chi connectivity index (χ0v) is 22.5. The van der Waals surface area contributed by atoms with Crippen molar-refractivity contribution in [3.63, 3.8) is 0 Å². The van der Waals surface area contributed by atoms with Crippen LogP contribution in [0.3, 0.4) is 0 Å². The fourth-order valence-corrected chi connectivity index (χ4v) is 4.72. The Kier molecular flexibility index (Phi) is 10.1. The third-order valence-corrected chi connectivity index (χ3v) is 6.72. The second-order valence-corrected chi connectivity index (χ2v) is 11.6. The van der Waals surface area contributed by atoms with E-state index in [1.807, 2.05) is 13.8 Å². The average molecular weight is 549 g/mol. The van der Waals surface area contributed by atoms with Crippen molar-refractivity contribution in [3.8, 4) is 0 Å². The highest BCUT2D eigenvalue weighted by Crippen LogP contribution is 2.27. The number of amides is 2. The molecule has 2 amide bonds. The van der Waals surface area contributed by atoms with Crippen LogP contribution in [0.5, 0.6) is 0 Å². The predicted molar refractivity (Wildman–Crippen MR) is 138 cm³/mol. The van der Waals surface area contributed by atoms with Gasteiger partial charge in [-0.15, -0.1) is 0 Å². The maximum atomic E-state index is 13.5. The van der Waals surface area contributed by atoms with Gasteiger partial charge in [0.1, 0.15) is 12.6 Å². The van der Waals surface area contributed by atoms with E-state index in [0.717, 1.165) is 10.6 Å². The maximum absolute atomic E-state index is 13.5. The Morgan fingerprint density at radius 3 is 2.12 bits per heavy atom. The Balaban J connectivity index is 2.40. The predicted octanol–water partition coefficient (Wildman–Crippen LogP) is 4.60. The number of halogens is 3. The van der Waals surface area contributed by atoms with Crippen LogP contribution in [0.15, 0.2) is 42.5 Å². The molecular formula is C23H28Cl3N3O4S. The molecule has 0 radical (unpaired) electrons. The first-order chi connectivity index (χ1) is 15.8. The van der Waals surface area contributed by atoms with Crippen LogP contribution in [0.1, 0.15) is 26.3 Å². The molecule has 1 N–H and O–H groups in total. The number of hydrogen-bond donors (Lipinski definition) is 1. The highest BCUT2D eigenvalue weighted by atomic mass is 35.5. The molecule has 0 bridgehead atoms. The molecule has 0 heterocycles. The van der Waals surface area contributed by atoms with Gasteiger partial charge in [-0.3, -0.25) is 13.9 Å². The van der Waals surface area contributed by atoms with E-state index in [1.165, 1.54) is 23.1 Å². The zero-order valence-electron chi connectivity index (χ0n) is 19.4. The molecule has 0 saturated carbocycles. The second kappa shape index (κ2) is 12.1. The molecule has 11 heteroatoms. The van der Waals surface area contributed by atoms with E-state index in [9.17, 15) is 18.0 Å². The third-order valence-electron chi connectivity index (χ3n) is 4.91. The van der Waals surface area contributed by atoms with Crippen LogP contribution in [-0.2, 0) is 26.2 Å². The summed E-state index contributed by atoms with van der Waals surface area (Å²) in [5.74, 6) is -0.698. The lowest BCUT2D eigenvalue weighted by atomic mass is 10.1. The number of nitrogens with zero attached hydrogens (tertiary/aromatic N) is 2. The molecule has 0 aliphatic heterocycles. The summed E-state index contributed by atoms with van der Waals surface area (Å²) in [4.78, 5) is 27.6. The Morgan fingerprint density at radius 2 is 1.59 bits per heavy atom. The normalized spacial score (nSPS) is 12.4. The van der Waals surface area contributed by atoms with Crippen LogP contribution in [0.25, 0.3) is 0 Å². The molecule has 2 rings (SSSR count). The van der Waals surface area contributed by atoms with Gasteiger partial charge in [0, 0.05) is 28.2 Å². The molecule has 1 atom stereocenters. The Labute approximate surface area is 216 Å². The zero-order chi connectivity index (χ0) is 25.6. The molecule has 186 valence electrons. The highest BCUT2D eigenvalue weighted by molar-refractivity contribution is 7.92. The summed E-state index contributed by atoms with van der Waals surface area (Å²) in [6.07, 6.45) is 0.981.